The fourth-order valence-electron chi connectivity index (χ4n) is 2.17. The highest BCUT2D eigenvalue weighted by molar-refractivity contribution is 5.96. The standard InChI is InChI=1S/C16H13N3O2/c1-11-5-4-6-12(9-11)15(20)10-19-16(21)13-7-2-3-8-14(13)17-18-19/h2-9H,10H2,1H3. The number of nitrogens with zero attached hydrogens (tertiary/aromatic N) is 3. The molecule has 0 atom stereocenters. The summed E-state index contributed by atoms with van der Waals surface area (Å²) in [6, 6.07) is 14.2. The zero-order chi connectivity index (χ0) is 14.8. The summed E-state index contributed by atoms with van der Waals surface area (Å²) in [7, 11) is 0. The van der Waals surface area contributed by atoms with Gasteiger partial charge in [-0.15, -0.1) is 5.10 Å². The Kier molecular flexibility index (Phi) is 3.31. The third kappa shape index (κ3) is 2.58. The summed E-state index contributed by atoms with van der Waals surface area (Å²) in [6.07, 6.45) is 0. The van der Waals surface area contributed by atoms with Gasteiger partial charge in [0.25, 0.3) is 5.56 Å². The van der Waals surface area contributed by atoms with Crippen LogP contribution in [0.2, 0.25) is 0 Å². The first-order chi connectivity index (χ1) is 10.1. The molecular formula is C16H13N3O2. The number of benzene rings is 2. The molecular weight excluding hydrogens is 266 g/mol. The highest BCUT2D eigenvalue weighted by Crippen LogP contribution is 2.07. The summed E-state index contributed by atoms with van der Waals surface area (Å²) in [5.41, 5.74) is 1.79. The van der Waals surface area contributed by atoms with E-state index in [1.54, 1.807) is 36.4 Å². The van der Waals surface area contributed by atoms with E-state index in [1.807, 2.05) is 19.1 Å². The van der Waals surface area contributed by atoms with Crippen molar-refractivity contribution in [2.24, 2.45) is 0 Å². The number of Topliss-reactive ketones (excluding diaryl/α,β-unsaturated/α-hetero) is 1. The van der Waals surface area contributed by atoms with E-state index in [9.17, 15) is 9.59 Å². The molecule has 0 amide bonds. The molecule has 2 aromatic carbocycles. The first-order valence-electron chi connectivity index (χ1n) is 6.57. The van der Waals surface area contributed by atoms with Gasteiger partial charge in [0.05, 0.1) is 5.39 Å². The number of hydrogen-bond acceptors (Lipinski definition) is 4. The van der Waals surface area contributed by atoms with Crippen molar-refractivity contribution in [3.8, 4) is 0 Å². The summed E-state index contributed by atoms with van der Waals surface area (Å²) in [6.45, 7) is 1.80. The average molecular weight is 279 g/mol. The maximum atomic E-state index is 12.3. The maximum absolute atomic E-state index is 12.3. The summed E-state index contributed by atoms with van der Waals surface area (Å²) < 4.78 is 1.10. The fourth-order valence-corrected chi connectivity index (χ4v) is 2.17. The van der Waals surface area contributed by atoms with Crippen molar-refractivity contribution in [2.75, 3.05) is 0 Å². The zero-order valence-electron chi connectivity index (χ0n) is 11.5. The topological polar surface area (TPSA) is 64.8 Å². The molecule has 3 rings (SSSR count). The Morgan fingerprint density at radius 2 is 1.95 bits per heavy atom. The molecule has 0 saturated carbocycles. The number of hydrogen-bond donors (Lipinski definition) is 0. The van der Waals surface area contributed by atoms with E-state index >= 15 is 0 Å². The van der Waals surface area contributed by atoms with Gasteiger partial charge in [-0.2, -0.15) is 0 Å². The van der Waals surface area contributed by atoms with Gasteiger partial charge in [-0.05, 0) is 25.1 Å². The van der Waals surface area contributed by atoms with Crippen molar-refractivity contribution in [1.82, 2.24) is 15.0 Å². The van der Waals surface area contributed by atoms with Crippen molar-refractivity contribution in [3.05, 3.63) is 70.0 Å². The Morgan fingerprint density at radius 3 is 2.76 bits per heavy atom. The van der Waals surface area contributed by atoms with Gasteiger partial charge >= 0.3 is 0 Å². The van der Waals surface area contributed by atoms with E-state index in [2.05, 4.69) is 10.3 Å². The minimum Gasteiger partial charge on any atom is -0.292 e. The second-order valence-electron chi connectivity index (χ2n) is 4.86. The molecule has 0 spiro atoms. The summed E-state index contributed by atoms with van der Waals surface area (Å²) in [5, 5.41) is 8.26. The minimum absolute atomic E-state index is 0.111. The van der Waals surface area contributed by atoms with E-state index in [-0.39, 0.29) is 17.9 Å². The number of rotatable bonds is 3. The number of carbonyl (C=O) groups excluding carboxylic acids is 1. The Hall–Kier alpha value is -2.82. The van der Waals surface area contributed by atoms with Crippen LogP contribution in [0.3, 0.4) is 0 Å². The molecule has 104 valence electrons. The van der Waals surface area contributed by atoms with Crippen molar-refractivity contribution < 1.29 is 4.79 Å². The molecule has 0 fully saturated rings. The van der Waals surface area contributed by atoms with Crippen LogP contribution >= 0.6 is 0 Å². The van der Waals surface area contributed by atoms with Gasteiger partial charge in [-0.3, -0.25) is 9.59 Å². The Bertz CT molecular complexity index is 884. The van der Waals surface area contributed by atoms with Crippen molar-refractivity contribution in [1.29, 1.82) is 0 Å². The molecule has 0 N–H and O–H groups in total. The van der Waals surface area contributed by atoms with Crippen LogP contribution in [0.15, 0.2) is 53.3 Å². The van der Waals surface area contributed by atoms with Crippen LogP contribution in [0, 0.1) is 6.92 Å². The summed E-state index contributed by atoms with van der Waals surface area (Å²) >= 11 is 0. The average Bonchev–Trinajstić information content (AvgIpc) is 2.50. The van der Waals surface area contributed by atoms with Gasteiger partial charge < -0.3 is 0 Å². The molecule has 3 aromatic rings. The molecule has 5 heteroatoms. The number of carbonyl (C=O) groups is 1. The van der Waals surface area contributed by atoms with Gasteiger partial charge in [0.2, 0.25) is 0 Å². The maximum Gasteiger partial charge on any atom is 0.278 e. The van der Waals surface area contributed by atoms with Crippen LogP contribution in [0.4, 0.5) is 0 Å². The lowest BCUT2D eigenvalue weighted by Crippen LogP contribution is -2.27. The normalized spacial score (nSPS) is 10.7. The second-order valence-corrected chi connectivity index (χ2v) is 4.86. The Labute approximate surface area is 120 Å². The second kappa shape index (κ2) is 5.28. The first-order valence-corrected chi connectivity index (χ1v) is 6.57. The molecule has 5 nitrogen and oxygen atoms in total. The van der Waals surface area contributed by atoms with E-state index in [0.717, 1.165) is 10.2 Å². The molecule has 1 aromatic heterocycles. The third-order valence-corrected chi connectivity index (χ3v) is 3.26. The van der Waals surface area contributed by atoms with Gasteiger partial charge in [0.1, 0.15) is 12.1 Å². The SMILES string of the molecule is Cc1cccc(C(=O)Cn2nnc3ccccc3c2=O)c1. The zero-order valence-corrected chi connectivity index (χ0v) is 11.5. The van der Waals surface area contributed by atoms with Crippen LogP contribution < -0.4 is 5.56 Å². The van der Waals surface area contributed by atoms with Gasteiger partial charge in [-0.1, -0.05) is 41.1 Å². The first kappa shape index (κ1) is 13.2. The lowest BCUT2D eigenvalue weighted by molar-refractivity contribution is 0.0964. The van der Waals surface area contributed by atoms with Crippen LogP contribution in [0.25, 0.3) is 10.9 Å². The predicted octanol–water partition coefficient (Wildman–Crippen LogP) is 1.98. The quantitative estimate of drug-likeness (QED) is 0.688. The number of aryl methyl sites for hydroxylation is 1. The highest BCUT2D eigenvalue weighted by atomic mass is 16.1. The van der Waals surface area contributed by atoms with Crippen molar-refractivity contribution in [3.63, 3.8) is 0 Å². The van der Waals surface area contributed by atoms with Crippen LogP contribution in [-0.2, 0) is 6.54 Å². The minimum atomic E-state index is -0.304. The predicted molar refractivity (Wildman–Crippen MR) is 79.3 cm³/mol. The van der Waals surface area contributed by atoms with Crippen molar-refractivity contribution in [2.45, 2.75) is 13.5 Å². The molecule has 0 aliphatic carbocycles. The summed E-state index contributed by atoms with van der Waals surface area (Å²) in [4.78, 5) is 24.5. The molecule has 0 aliphatic rings. The monoisotopic (exact) mass is 279 g/mol. The molecule has 1 heterocycles. The Balaban J connectivity index is 1.97. The van der Waals surface area contributed by atoms with Gasteiger partial charge in [0, 0.05) is 5.56 Å². The largest absolute Gasteiger partial charge is 0.292 e. The molecule has 21 heavy (non-hydrogen) atoms. The molecule has 0 radical (unpaired) electrons. The smallest absolute Gasteiger partial charge is 0.278 e. The van der Waals surface area contributed by atoms with Gasteiger partial charge in [-0.25, -0.2) is 4.68 Å². The van der Waals surface area contributed by atoms with Crippen LogP contribution in [0.1, 0.15) is 15.9 Å². The molecule has 0 bridgehead atoms. The lowest BCUT2D eigenvalue weighted by Gasteiger charge is -2.05. The van der Waals surface area contributed by atoms with Crippen LogP contribution in [-0.4, -0.2) is 20.8 Å². The summed E-state index contributed by atoms with van der Waals surface area (Å²) in [5.74, 6) is -0.162. The molecule has 0 saturated heterocycles. The molecule has 0 unspecified atom stereocenters. The number of aromatic nitrogens is 3. The molecule has 0 aliphatic heterocycles. The third-order valence-electron chi connectivity index (χ3n) is 3.26. The number of fused-ring (bicyclic) bond motifs is 1. The number of ketones is 1. The Morgan fingerprint density at radius 1 is 1.14 bits per heavy atom. The fraction of sp³-hybridized carbons (Fsp3) is 0.125. The van der Waals surface area contributed by atoms with E-state index < -0.39 is 0 Å². The van der Waals surface area contributed by atoms with Crippen LogP contribution in [0.5, 0.6) is 0 Å². The highest BCUT2D eigenvalue weighted by Gasteiger charge is 2.11. The van der Waals surface area contributed by atoms with Gasteiger partial charge in [0.15, 0.2) is 5.78 Å². The van der Waals surface area contributed by atoms with E-state index in [1.165, 1.54) is 0 Å². The van der Waals surface area contributed by atoms with E-state index in [0.29, 0.717) is 16.5 Å². The van der Waals surface area contributed by atoms with Crippen molar-refractivity contribution >= 4 is 16.7 Å². The van der Waals surface area contributed by atoms with E-state index in [4.69, 9.17) is 0 Å². The lowest BCUT2D eigenvalue weighted by atomic mass is 10.1.